The van der Waals surface area contributed by atoms with Gasteiger partial charge in [-0.3, -0.25) is 10.1 Å². The molecule has 0 aliphatic carbocycles. The molecule has 0 saturated heterocycles. The third-order valence-electron chi connectivity index (χ3n) is 3.09. The van der Waals surface area contributed by atoms with Gasteiger partial charge in [-0.2, -0.15) is 18.4 Å². The zero-order chi connectivity index (χ0) is 19.0. The lowest BCUT2D eigenvalue weighted by Gasteiger charge is -2.13. The maximum absolute atomic E-state index is 13.2. The number of alkyl halides is 3. The van der Waals surface area contributed by atoms with E-state index in [1.807, 2.05) is 0 Å². The molecule has 0 amide bonds. The SMILES string of the molecule is C=C(C#N)S(=O)(=O)c1ccc(C(F)(F)F)c(-c2ccc([N+](=O)[O-])s2)c1. The van der Waals surface area contributed by atoms with Crippen molar-refractivity contribution in [2.24, 2.45) is 0 Å². The Balaban J connectivity index is 2.74. The average Bonchev–Trinajstić information content (AvgIpc) is 3.02. The van der Waals surface area contributed by atoms with Crippen LogP contribution in [-0.4, -0.2) is 13.3 Å². The first-order valence-corrected chi connectivity index (χ1v) is 8.58. The van der Waals surface area contributed by atoms with Gasteiger partial charge in [-0.1, -0.05) is 17.9 Å². The number of sulfone groups is 1. The molecule has 0 fully saturated rings. The molecule has 6 nitrogen and oxygen atoms in total. The Kier molecular flexibility index (Phi) is 4.70. The first kappa shape index (κ1) is 18.6. The number of thiophene rings is 1. The second-order valence-electron chi connectivity index (χ2n) is 4.64. The van der Waals surface area contributed by atoms with Crippen LogP contribution in [0.2, 0.25) is 0 Å². The van der Waals surface area contributed by atoms with E-state index in [0.29, 0.717) is 23.5 Å². The summed E-state index contributed by atoms with van der Waals surface area (Å²) in [7, 11) is -4.34. The molecule has 2 rings (SSSR count). The van der Waals surface area contributed by atoms with E-state index in [-0.39, 0.29) is 4.88 Å². The van der Waals surface area contributed by atoms with Crippen molar-refractivity contribution >= 4 is 26.2 Å². The Morgan fingerprint density at radius 1 is 1.28 bits per heavy atom. The van der Waals surface area contributed by atoms with Crippen molar-refractivity contribution in [3.05, 3.63) is 57.5 Å². The van der Waals surface area contributed by atoms with Gasteiger partial charge in [-0.05, 0) is 24.3 Å². The molecule has 1 aromatic carbocycles. The average molecular weight is 388 g/mol. The number of nitriles is 1. The molecule has 0 aliphatic heterocycles. The lowest BCUT2D eigenvalue weighted by Crippen LogP contribution is -2.09. The monoisotopic (exact) mass is 388 g/mol. The van der Waals surface area contributed by atoms with E-state index in [4.69, 9.17) is 5.26 Å². The number of nitro groups is 1. The van der Waals surface area contributed by atoms with E-state index in [1.54, 1.807) is 0 Å². The Bertz CT molecular complexity index is 1020. The standard InChI is InChI=1S/C14H7F3N2O4S2/c1-8(7-18)25(22,23)9-2-3-11(14(15,16)17)10(6-9)12-4-5-13(24-12)19(20)21/h2-6H,1H2. The quantitative estimate of drug-likeness (QED) is 0.445. The van der Waals surface area contributed by atoms with Crippen LogP contribution in [0.1, 0.15) is 5.56 Å². The van der Waals surface area contributed by atoms with E-state index in [0.717, 1.165) is 18.2 Å². The van der Waals surface area contributed by atoms with Crippen molar-refractivity contribution in [2.75, 3.05) is 0 Å². The van der Waals surface area contributed by atoms with E-state index in [9.17, 15) is 31.7 Å². The number of hydrogen-bond donors (Lipinski definition) is 0. The zero-order valence-corrected chi connectivity index (χ0v) is 13.7. The van der Waals surface area contributed by atoms with E-state index < -0.39 is 46.9 Å². The highest BCUT2D eigenvalue weighted by Gasteiger charge is 2.35. The molecule has 130 valence electrons. The Hall–Kier alpha value is -2.71. The summed E-state index contributed by atoms with van der Waals surface area (Å²) in [4.78, 5) is 8.46. The second kappa shape index (κ2) is 6.30. The van der Waals surface area contributed by atoms with Gasteiger partial charge in [0.05, 0.1) is 15.4 Å². The van der Waals surface area contributed by atoms with Crippen LogP contribution in [0.15, 0.2) is 46.7 Å². The summed E-state index contributed by atoms with van der Waals surface area (Å²) in [6, 6.07) is 5.46. The van der Waals surface area contributed by atoms with Gasteiger partial charge in [-0.25, -0.2) is 8.42 Å². The molecule has 0 spiro atoms. The highest BCUT2D eigenvalue weighted by atomic mass is 32.2. The lowest BCUT2D eigenvalue weighted by atomic mass is 10.1. The Morgan fingerprint density at radius 3 is 2.40 bits per heavy atom. The molecule has 0 bridgehead atoms. The van der Waals surface area contributed by atoms with Crippen LogP contribution in [0, 0.1) is 21.4 Å². The third-order valence-corrected chi connectivity index (χ3v) is 5.78. The maximum atomic E-state index is 13.2. The number of halogens is 3. The molecule has 1 aromatic heterocycles. The molecule has 25 heavy (non-hydrogen) atoms. The summed E-state index contributed by atoms with van der Waals surface area (Å²) in [6.45, 7) is 3.06. The van der Waals surface area contributed by atoms with Crippen LogP contribution in [-0.2, 0) is 16.0 Å². The van der Waals surface area contributed by atoms with Crippen molar-refractivity contribution in [1.82, 2.24) is 0 Å². The van der Waals surface area contributed by atoms with E-state index >= 15 is 0 Å². The van der Waals surface area contributed by atoms with Gasteiger partial charge in [0, 0.05) is 16.5 Å². The molecule has 0 unspecified atom stereocenters. The van der Waals surface area contributed by atoms with Crippen molar-refractivity contribution in [2.45, 2.75) is 11.1 Å². The Morgan fingerprint density at radius 2 is 1.92 bits per heavy atom. The predicted octanol–water partition coefficient (Wildman–Crippen LogP) is 4.15. The van der Waals surface area contributed by atoms with Crippen LogP contribution in [0.5, 0.6) is 0 Å². The normalized spacial score (nSPS) is 11.8. The molecule has 0 saturated carbocycles. The minimum Gasteiger partial charge on any atom is -0.258 e. The summed E-state index contributed by atoms with van der Waals surface area (Å²) in [5, 5.41) is 19.0. The van der Waals surface area contributed by atoms with Gasteiger partial charge in [0.2, 0.25) is 9.84 Å². The molecule has 11 heteroatoms. The van der Waals surface area contributed by atoms with Crippen LogP contribution in [0.25, 0.3) is 10.4 Å². The number of nitrogens with zero attached hydrogens (tertiary/aromatic N) is 2. The van der Waals surface area contributed by atoms with Crippen molar-refractivity contribution in [1.29, 1.82) is 5.26 Å². The molecule has 1 heterocycles. The number of hydrogen-bond acceptors (Lipinski definition) is 6. The summed E-state index contributed by atoms with van der Waals surface area (Å²) < 4.78 is 63.8. The van der Waals surface area contributed by atoms with Gasteiger partial charge >= 0.3 is 11.2 Å². The molecule has 2 aromatic rings. The van der Waals surface area contributed by atoms with E-state index in [1.165, 1.54) is 6.07 Å². The molecular weight excluding hydrogens is 381 g/mol. The van der Waals surface area contributed by atoms with Crippen LogP contribution >= 0.6 is 11.3 Å². The van der Waals surface area contributed by atoms with Gasteiger partial charge < -0.3 is 0 Å². The highest BCUT2D eigenvalue weighted by molar-refractivity contribution is 7.95. The lowest BCUT2D eigenvalue weighted by molar-refractivity contribution is -0.380. The zero-order valence-electron chi connectivity index (χ0n) is 12.1. The smallest absolute Gasteiger partial charge is 0.258 e. The van der Waals surface area contributed by atoms with Crippen molar-refractivity contribution in [3.63, 3.8) is 0 Å². The fraction of sp³-hybridized carbons (Fsp3) is 0.0714. The largest absolute Gasteiger partial charge is 0.417 e. The first-order valence-electron chi connectivity index (χ1n) is 6.28. The van der Waals surface area contributed by atoms with Gasteiger partial charge in [0.25, 0.3) is 0 Å². The minimum atomic E-state index is -4.80. The highest BCUT2D eigenvalue weighted by Crippen LogP contribution is 2.42. The summed E-state index contributed by atoms with van der Waals surface area (Å²) >= 11 is 0.477. The Labute approximate surface area is 143 Å². The first-order chi connectivity index (χ1) is 11.5. The summed E-state index contributed by atoms with van der Waals surface area (Å²) in [6.07, 6.45) is -4.80. The summed E-state index contributed by atoms with van der Waals surface area (Å²) in [5.41, 5.74) is -1.68. The van der Waals surface area contributed by atoms with Crippen LogP contribution in [0.4, 0.5) is 18.2 Å². The van der Waals surface area contributed by atoms with E-state index in [2.05, 4.69) is 6.58 Å². The number of benzene rings is 1. The summed E-state index contributed by atoms with van der Waals surface area (Å²) in [5.74, 6) is 0. The topological polar surface area (TPSA) is 101 Å². The molecule has 0 radical (unpaired) electrons. The predicted molar refractivity (Wildman–Crippen MR) is 83.4 cm³/mol. The maximum Gasteiger partial charge on any atom is 0.417 e. The molecule has 0 N–H and O–H groups in total. The molecule has 0 aliphatic rings. The van der Waals surface area contributed by atoms with Crippen molar-refractivity contribution < 1.29 is 26.5 Å². The number of allylic oxidation sites excluding steroid dienone is 1. The third kappa shape index (κ3) is 3.54. The molecule has 0 atom stereocenters. The fourth-order valence-corrected chi connectivity index (χ4v) is 3.69. The minimum absolute atomic E-state index is 0.126. The van der Waals surface area contributed by atoms with Gasteiger partial charge in [0.1, 0.15) is 11.0 Å². The number of rotatable bonds is 4. The van der Waals surface area contributed by atoms with Crippen molar-refractivity contribution in [3.8, 4) is 16.5 Å². The van der Waals surface area contributed by atoms with Gasteiger partial charge in [0.15, 0.2) is 0 Å². The van der Waals surface area contributed by atoms with Crippen LogP contribution in [0.3, 0.4) is 0 Å². The fourth-order valence-electron chi connectivity index (χ4n) is 1.91. The van der Waals surface area contributed by atoms with Crippen LogP contribution < -0.4 is 0 Å². The molecular formula is C14H7F3N2O4S2. The second-order valence-corrected chi connectivity index (χ2v) is 7.67. The van der Waals surface area contributed by atoms with Gasteiger partial charge in [-0.15, -0.1) is 0 Å².